The van der Waals surface area contributed by atoms with Gasteiger partial charge in [0.1, 0.15) is 6.04 Å². The smallest absolute Gasteiger partial charge is 0.326 e. The quantitative estimate of drug-likeness (QED) is 0.731. The maximum Gasteiger partial charge on any atom is 0.326 e. The maximum atomic E-state index is 13.1. The van der Waals surface area contributed by atoms with Crippen molar-refractivity contribution in [1.29, 1.82) is 0 Å². The number of aromatic amines is 1. The number of H-pyrrole nitrogens is 1. The second-order valence-electron chi connectivity index (χ2n) is 6.21. The lowest BCUT2D eigenvalue weighted by molar-refractivity contribution is -0.142. The number of benzene rings is 2. The number of nitrogens with one attached hydrogen (secondary N) is 1. The van der Waals surface area contributed by atoms with E-state index in [9.17, 15) is 19.5 Å². The highest BCUT2D eigenvalue weighted by Gasteiger charge is 2.36. The summed E-state index contributed by atoms with van der Waals surface area (Å²) in [5.41, 5.74) is 1.48. The van der Waals surface area contributed by atoms with Gasteiger partial charge < -0.3 is 10.0 Å². The van der Waals surface area contributed by atoms with Crippen molar-refractivity contribution >= 4 is 22.6 Å². The van der Waals surface area contributed by atoms with E-state index in [0.717, 1.165) is 11.1 Å². The molecule has 1 unspecified atom stereocenters. The van der Waals surface area contributed by atoms with Crippen LogP contribution in [0, 0.1) is 0 Å². The summed E-state index contributed by atoms with van der Waals surface area (Å²) in [4.78, 5) is 38.1. The van der Waals surface area contributed by atoms with Gasteiger partial charge in [-0.3, -0.25) is 9.59 Å². The number of nitrogens with zero attached hydrogens (tertiary/aromatic N) is 2. The summed E-state index contributed by atoms with van der Waals surface area (Å²) in [6.45, 7) is 0.182. The Hall–Kier alpha value is -3.48. The van der Waals surface area contributed by atoms with E-state index in [4.69, 9.17) is 0 Å². The fraction of sp³-hybridized carbons (Fsp3) is 0.158. The van der Waals surface area contributed by atoms with Crippen LogP contribution >= 0.6 is 0 Å². The van der Waals surface area contributed by atoms with Crippen LogP contribution in [0.5, 0.6) is 0 Å². The van der Waals surface area contributed by atoms with Crippen molar-refractivity contribution in [3.05, 3.63) is 75.7 Å². The highest BCUT2D eigenvalue weighted by molar-refractivity contribution is 6.05. The molecule has 130 valence electrons. The number of hydrogen-bond donors (Lipinski definition) is 2. The molecular weight excluding hydrogens is 334 g/mol. The predicted octanol–water partition coefficient (Wildman–Crippen LogP) is 1.57. The lowest BCUT2D eigenvalue weighted by Crippen LogP contribution is -2.49. The Kier molecular flexibility index (Phi) is 3.76. The van der Waals surface area contributed by atoms with Crippen molar-refractivity contribution in [3.63, 3.8) is 0 Å². The predicted molar refractivity (Wildman–Crippen MR) is 93.8 cm³/mol. The third-order valence-corrected chi connectivity index (χ3v) is 4.69. The van der Waals surface area contributed by atoms with Crippen molar-refractivity contribution in [1.82, 2.24) is 15.1 Å². The zero-order valence-electron chi connectivity index (χ0n) is 13.7. The van der Waals surface area contributed by atoms with Crippen LogP contribution in [0.2, 0.25) is 0 Å². The highest BCUT2D eigenvalue weighted by Crippen LogP contribution is 2.26. The molecule has 1 aromatic heterocycles. The number of carboxylic acid groups (broad SMARTS) is 1. The molecule has 1 amide bonds. The minimum Gasteiger partial charge on any atom is -0.480 e. The maximum absolute atomic E-state index is 13.1. The van der Waals surface area contributed by atoms with E-state index >= 15 is 0 Å². The molecule has 0 fully saturated rings. The minimum atomic E-state index is -1.07. The van der Waals surface area contributed by atoms with Crippen LogP contribution in [0.25, 0.3) is 10.8 Å². The third kappa shape index (κ3) is 2.54. The van der Waals surface area contributed by atoms with Crippen molar-refractivity contribution in [2.45, 2.75) is 19.0 Å². The Morgan fingerprint density at radius 1 is 1.04 bits per heavy atom. The molecule has 3 aromatic rings. The van der Waals surface area contributed by atoms with E-state index in [2.05, 4.69) is 10.2 Å². The highest BCUT2D eigenvalue weighted by atomic mass is 16.4. The fourth-order valence-corrected chi connectivity index (χ4v) is 3.37. The Morgan fingerprint density at radius 3 is 2.42 bits per heavy atom. The molecule has 0 saturated heterocycles. The molecule has 1 aliphatic heterocycles. The van der Waals surface area contributed by atoms with Crippen LogP contribution in [0.1, 0.15) is 21.6 Å². The standard InChI is InChI=1S/C19H15N3O4/c23-17-14-8-4-3-7-13(14)16(20-21-17)18(24)22-10-12-6-2-1-5-11(12)9-15(22)19(25)26/h1-8,15H,9-10H2,(H,21,23)(H,25,26). The molecule has 26 heavy (non-hydrogen) atoms. The Bertz CT molecular complexity index is 1090. The number of hydrogen-bond acceptors (Lipinski definition) is 4. The molecule has 2 N–H and O–H groups in total. The molecular formula is C19H15N3O4. The Labute approximate surface area is 147 Å². The molecule has 7 heteroatoms. The normalized spacial score (nSPS) is 16.3. The molecule has 0 spiro atoms. The first-order chi connectivity index (χ1) is 12.6. The number of carbonyl (C=O) groups is 2. The van der Waals surface area contributed by atoms with Gasteiger partial charge >= 0.3 is 5.97 Å². The lowest BCUT2D eigenvalue weighted by Gasteiger charge is -2.34. The van der Waals surface area contributed by atoms with Gasteiger partial charge in [0.25, 0.3) is 11.5 Å². The number of carboxylic acids is 1. The lowest BCUT2D eigenvalue weighted by atomic mass is 9.93. The number of amides is 1. The summed E-state index contributed by atoms with van der Waals surface area (Å²) >= 11 is 0. The van der Waals surface area contributed by atoms with Crippen LogP contribution in [-0.2, 0) is 17.8 Å². The molecule has 7 nitrogen and oxygen atoms in total. The van der Waals surface area contributed by atoms with E-state index in [1.165, 1.54) is 4.90 Å². The Morgan fingerprint density at radius 2 is 1.69 bits per heavy atom. The third-order valence-electron chi connectivity index (χ3n) is 4.69. The molecule has 2 aromatic carbocycles. The van der Waals surface area contributed by atoms with Gasteiger partial charge in [-0.15, -0.1) is 0 Å². The van der Waals surface area contributed by atoms with Gasteiger partial charge in [0.2, 0.25) is 0 Å². The van der Waals surface area contributed by atoms with Crippen molar-refractivity contribution in [3.8, 4) is 0 Å². The number of aliphatic carboxylic acids is 1. The van der Waals surface area contributed by atoms with E-state index in [1.807, 2.05) is 24.3 Å². The number of rotatable bonds is 2. The molecule has 0 saturated carbocycles. The van der Waals surface area contributed by atoms with Crippen LogP contribution in [-0.4, -0.2) is 38.1 Å². The summed E-state index contributed by atoms with van der Waals surface area (Å²) in [7, 11) is 0. The molecule has 4 rings (SSSR count). The van der Waals surface area contributed by atoms with E-state index in [-0.39, 0.29) is 18.7 Å². The molecule has 2 heterocycles. The van der Waals surface area contributed by atoms with E-state index in [0.29, 0.717) is 10.8 Å². The topological polar surface area (TPSA) is 103 Å². The van der Waals surface area contributed by atoms with Gasteiger partial charge in [-0.25, -0.2) is 9.89 Å². The number of fused-ring (bicyclic) bond motifs is 2. The summed E-state index contributed by atoms with van der Waals surface area (Å²) in [6, 6.07) is 13.1. The molecule has 1 atom stereocenters. The van der Waals surface area contributed by atoms with Gasteiger partial charge in [-0.2, -0.15) is 5.10 Å². The zero-order chi connectivity index (χ0) is 18.3. The van der Waals surface area contributed by atoms with Crippen LogP contribution in [0.3, 0.4) is 0 Å². The number of carbonyl (C=O) groups excluding carboxylic acids is 1. The van der Waals surface area contributed by atoms with Gasteiger partial charge in [0.05, 0.1) is 5.39 Å². The molecule has 0 bridgehead atoms. The molecule has 1 aliphatic rings. The van der Waals surface area contributed by atoms with Crippen molar-refractivity contribution in [2.24, 2.45) is 0 Å². The van der Waals surface area contributed by atoms with Crippen molar-refractivity contribution < 1.29 is 14.7 Å². The first kappa shape index (κ1) is 16.0. The summed E-state index contributed by atoms with van der Waals surface area (Å²) in [6.07, 6.45) is 0.235. The fourth-order valence-electron chi connectivity index (χ4n) is 3.37. The van der Waals surface area contributed by atoms with Gasteiger partial charge in [0.15, 0.2) is 5.69 Å². The second-order valence-corrected chi connectivity index (χ2v) is 6.21. The molecule has 0 aliphatic carbocycles. The van der Waals surface area contributed by atoms with E-state index in [1.54, 1.807) is 24.3 Å². The summed E-state index contributed by atoms with van der Waals surface area (Å²) < 4.78 is 0. The van der Waals surface area contributed by atoms with Crippen LogP contribution in [0.4, 0.5) is 0 Å². The van der Waals surface area contributed by atoms with Crippen LogP contribution < -0.4 is 5.56 Å². The summed E-state index contributed by atoms with van der Waals surface area (Å²) in [5, 5.41) is 16.6. The average Bonchev–Trinajstić information content (AvgIpc) is 2.67. The monoisotopic (exact) mass is 349 g/mol. The largest absolute Gasteiger partial charge is 0.480 e. The van der Waals surface area contributed by atoms with Gasteiger partial charge in [-0.1, -0.05) is 42.5 Å². The van der Waals surface area contributed by atoms with Gasteiger partial charge in [-0.05, 0) is 17.2 Å². The Balaban J connectivity index is 1.82. The SMILES string of the molecule is O=C(O)C1Cc2ccccc2CN1C(=O)c1n[nH]c(=O)c2ccccc12. The zero-order valence-corrected chi connectivity index (χ0v) is 13.7. The second kappa shape index (κ2) is 6.11. The number of aromatic nitrogens is 2. The first-order valence-corrected chi connectivity index (χ1v) is 8.14. The minimum absolute atomic E-state index is 0.0471. The van der Waals surface area contributed by atoms with Crippen LogP contribution in [0.15, 0.2) is 53.3 Å². The van der Waals surface area contributed by atoms with Gasteiger partial charge in [0, 0.05) is 18.4 Å². The van der Waals surface area contributed by atoms with Crippen molar-refractivity contribution in [2.75, 3.05) is 0 Å². The first-order valence-electron chi connectivity index (χ1n) is 8.14. The average molecular weight is 349 g/mol. The molecule has 0 radical (unpaired) electrons. The van der Waals surface area contributed by atoms with E-state index < -0.39 is 23.5 Å². The summed E-state index contributed by atoms with van der Waals surface area (Å²) in [5.74, 6) is -1.58.